The molecule has 3 N–H and O–H groups in total. The number of morpholine rings is 1. The first kappa shape index (κ1) is 27.7. The molecular formula is C28H23N3O9S. The molecule has 3 amide bonds. The molecule has 0 saturated carbocycles. The average molecular weight is 578 g/mol. The highest BCUT2D eigenvalue weighted by Gasteiger charge is 2.36. The lowest BCUT2D eigenvalue weighted by molar-refractivity contribution is -0.127. The van der Waals surface area contributed by atoms with Gasteiger partial charge in [-0.15, -0.1) is 0 Å². The minimum absolute atomic E-state index is 0.0305. The Morgan fingerprint density at radius 2 is 1.63 bits per heavy atom. The summed E-state index contributed by atoms with van der Waals surface area (Å²) in [6.45, 7) is 1.99. The van der Waals surface area contributed by atoms with Crippen LogP contribution in [0.15, 0.2) is 63.9 Å². The van der Waals surface area contributed by atoms with Crippen LogP contribution in [0, 0.1) is 0 Å². The molecular weight excluding hydrogens is 554 g/mol. The topological polar surface area (TPSA) is 167 Å². The number of imide groups is 1. The Balaban J connectivity index is 1.29. The number of hydrogen-bond donors (Lipinski definition) is 3. The van der Waals surface area contributed by atoms with Crippen molar-refractivity contribution in [3.63, 3.8) is 0 Å². The minimum Gasteiger partial charge on any atom is -0.478 e. The predicted octanol–water partition coefficient (Wildman–Crippen LogP) is 3.85. The molecule has 2 aliphatic rings. The van der Waals surface area contributed by atoms with Gasteiger partial charge in [-0.3, -0.25) is 19.3 Å². The van der Waals surface area contributed by atoms with E-state index in [2.05, 4.69) is 10.2 Å². The lowest BCUT2D eigenvalue weighted by Crippen LogP contribution is -2.38. The third-order valence-corrected chi connectivity index (χ3v) is 7.22. The second-order valence-corrected chi connectivity index (χ2v) is 10.0. The van der Waals surface area contributed by atoms with Crippen LogP contribution in [0.1, 0.15) is 26.5 Å². The third-order valence-electron chi connectivity index (χ3n) is 6.32. The third kappa shape index (κ3) is 6.15. The van der Waals surface area contributed by atoms with E-state index >= 15 is 0 Å². The summed E-state index contributed by atoms with van der Waals surface area (Å²) in [4.78, 5) is 64.2. The molecule has 0 radical (unpaired) electrons. The predicted molar refractivity (Wildman–Crippen MR) is 149 cm³/mol. The van der Waals surface area contributed by atoms with Crippen molar-refractivity contribution >= 4 is 58.2 Å². The Kier molecular flexibility index (Phi) is 7.90. The summed E-state index contributed by atoms with van der Waals surface area (Å²) in [6, 6.07) is 13.8. The number of furan rings is 1. The maximum absolute atomic E-state index is 13.0. The van der Waals surface area contributed by atoms with Crippen LogP contribution in [0.4, 0.5) is 16.2 Å². The average Bonchev–Trinajstić information content (AvgIpc) is 3.53. The van der Waals surface area contributed by atoms with E-state index in [-0.39, 0.29) is 33.1 Å². The van der Waals surface area contributed by atoms with E-state index in [1.165, 1.54) is 30.3 Å². The molecule has 3 aromatic rings. The highest BCUT2D eigenvalue weighted by Crippen LogP contribution is 2.34. The number of carboxylic acids is 2. The van der Waals surface area contributed by atoms with Crippen molar-refractivity contribution in [3.8, 4) is 11.3 Å². The molecule has 5 rings (SSSR count). The summed E-state index contributed by atoms with van der Waals surface area (Å²) < 4.78 is 11.1. The highest BCUT2D eigenvalue weighted by molar-refractivity contribution is 8.18. The van der Waals surface area contributed by atoms with Crippen molar-refractivity contribution in [3.05, 3.63) is 76.4 Å². The Bertz CT molecular complexity index is 1560. The van der Waals surface area contributed by atoms with Crippen LogP contribution in [0.3, 0.4) is 0 Å². The van der Waals surface area contributed by atoms with Crippen molar-refractivity contribution in [1.82, 2.24) is 4.90 Å². The van der Waals surface area contributed by atoms with Gasteiger partial charge in [0.05, 0.1) is 40.6 Å². The lowest BCUT2D eigenvalue weighted by Gasteiger charge is -2.30. The second-order valence-electron chi connectivity index (χ2n) is 9.04. The minimum atomic E-state index is -1.30. The summed E-state index contributed by atoms with van der Waals surface area (Å²) in [5.41, 5.74) is 1.12. The Labute approximate surface area is 237 Å². The zero-order chi connectivity index (χ0) is 29.1. The van der Waals surface area contributed by atoms with Crippen LogP contribution in [0.25, 0.3) is 17.4 Å². The zero-order valence-electron chi connectivity index (χ0n) is 21.4. The molecule has 2 saturated heterocycles. The van der Waals surface area contributed by atoms with Crippen molar-refractivity contribution < 1.29 is 43.3 Å². The molecule has 0 atom stereocenters. The Morgan fingerprint density at radius 1 is 0.951 bits per heavy atom. The van der Waals surface area contributed by atoms with E-state index in [1.807, 2.05) is 12.1 Å². The summed E-state index contributed by atoms with van der Waals surface area (Å²) in [5, 5.41) is 20.8. The maximum atomic E-state index is 13.0. The number of rotatable bonds is 8. The van der Waals surface area contributed by atoms with Gasteiger partial charge < -0.3 is 29.6 Å². The number of thioether (sulfide) groups is 1. The van der Waals surface area contributed by atoms with Crippen molar-refractivity contribution in [2.24, 2.45) is 0 Å². The number of anilines is 2. The fourth-order valence-electron chi connectivity index (χ4n) is 4.36. The molecule has 2 aromatic carbocycles. The number of carboxylic acid groups (broad SMARTS) is 2. The largest absolute Gasteiger partial charge is 0.478 e. The van der Waals surface area contributed by atoms with Gasteiger partial charge >= 0.3 is 11.9 Å². The number of carbonyl (C=O) groups excluding carboxylic acids is 3. The molecule has 2 aliphatic heterocycles. The number of carbonyl (C=O) groups is 5. The van der Waals surface area contributed by atoms with Gasteiger partial charge in [-0.2, -0.15) is 0 Å². The molecule has 210 valence electrons. The zero-order valence-corrected chi connectivity index (χ0v) is 22.2. The second kappa shape index (κ2) is 11.7. The van der Waals surface area contributed by atoms with Gasteiger partial charge in [0.2, 0.25) is 5.91 Å². The van der Waals surface area contributed by atoms with E-state index in [9.17, 15) is 34.2 Å². The summed E-state index contributed by atoms with van der Waals surface area (Å²) in [7, 11) is 0. The highest BCUT2D eigenvalue weighted by atomic mass is 32.2. The van der Waals surface area contributed by atoms with Gasteiger partial charge in [0.25, 0.3) is 11.1 Å². The first-order valence-corrected chi connectivity index (χ1v) is 13.2. The number of nitrogens with one attached hydrogen (secondary N) is 1. The van der Waals surface area contributed by atoms with Crippen molar-refractivity contribution in [1.29, 1.82) is 0 Å². The summed E-state index contributed by atoms with van der Waals surface area (Å²) in [6.07, 6.45) is 1.33. The maximum Gasteiger partial charge on any atom is 0.335 e. The molecule has 2 fully saturated rings. The molecule has 0 bridgehead atoms. The van der Waals surface area contributed by atoms with Crippen LogP contribution in [-0.4, -0.2) is 77.0 Å². The van der Waals surface area contributed by atoms with Crippen LogP contribution in [-0.2, 0) is 14.3 Å². The van der Waals surface area contributed by atoms with Crippen molar-refractivity contribution in [2.75, 3.05) is 43.1 Å². The van der Waals surface area contributed by atoms with Crippen LogP contribution in [0.5, 0.6) is 0 Å². The number of benzene rings is 2. The van der Waals surface area contributed by atoms with E-state index in [0.717, 1.165) is 16.7 Å². The van der Waals surface area contributed by atoms with Crippen LogP contribution >= 0.6 is 11.8 Å². The fourth-order valence-corrected chi connectivity index (χ4v) is 5.18. The quantitative estimate of drug-likeness (QED) is 0.333. The molecule has 1 aromatic heterocycles. The first-order valence-electron chi connectivity index (χ1n) is 12.4. The van der Waals surface area contributed by atoms with Gasteiger partial charge in [-0.1, -0.05) is 12.1 Å². The normalized spacial score (nSPS) is 16.3. The van der Waals surface area contributed by atoms with Gasteiger partial charge in [0.1, 0.15) is 18.1 Å². The molecule has 12 nitrogen and oxygen atoms in total. The standard InChI is InChI=1S/C28H23N3O9S/c32-24(29-20-3-1-2-4-21(20)30-7-9-39-10-8-30)15-31-25(33)23(41-28(31)38)14-19-5-6-22(40-19)16-11-17(26(34)35)13-18(12-16)27(36)37/h1-6,11-14H,7-10,15H2,(H,29,32)(H,34,35)(H,36,37)/b23-14-. The van der Waals surface area contributed by atoms with E-state index in [4.69, 9.17) is 9.15 Å². The Hall–Kier alpha value is -4.88. The van der Waals surface area contributed by atoms with E-state index < -0.39 is 35.5 Å². The number of nitrogens with zero attached hydrogens (tertiary/aromatic N) is 2. The van der Waals surface area contributed by atoms with E-state index in [0.29, 0.717) is 43.8 Å². The molecule has 13 heteroatoms. The van der Waals surface area contributed by atoms with Gasteiger partial charge in [-0.25, -0.2) is 9.59 Å². The molecule has 41 heavy (non-hydrogen) atoms. The van der Waals surface area contributed by atoms with E-state index in [1.54, 1.807) is 12.1 Å². The number of hydrogen-bond acceptors (Lipinski definition) is 9. The molecule has 0 spiro atoms. The van der Waals surface area contributed by atoms with Crippen molar-refractivity contribution in [2.45, 2.75) is 0 Å². The molecule has 3 heterocycles. The summed E-state index contributed by atoms with van der Waals surface area (Å²) in [5.74, 6) is -3.48. The van der Waals surface area contributed by atoms with Crippen LogP contribution in [0.2, 0.25) is 0 Å². The van der Waals surface area contributed by atoms with Crippen LogP contribution < -0.4 is 10.2 Å². The first-order chi connectivity index (χ1) is 19.7. The van der Waals surface area contributed by atoms with Gasteiger partial charge in [0.15, 0.2) is 0 Å². The molecule has 0 unspecified atom stereocenters. The summed E-state index contributed by atoms with van der Waals surface area (Å²) >= 11 is 0.650. The Morgan fingerprint density at radius 3 is 2.32 bits per heavy atom. The number of amides is 3. The monoisotopic (exact) mass is 577 g/mol. The number of ether oxygens (including phenoxy) is 1. The fraction of sp³-hybridized carbons (Fsp3) is 0.179. The van der Waals surface area contributed by atoms with Gasteiger partial charge in [0, 0.05) is 24.7 Å². The SMILES string of the molecule is O=C(CN1C(=O)S/C(=C\c2ccc(-c3cc(C(=O)O)cc(C(=O)O)c3)o2)C1=O)Nc1ccccc1N1CCOCC1. The van der Waals surface area contributed by atoms with Gasteiger partial charge in [-0.05, 0) is 54.2 Å². The smallest absolute Gasteiger partial charge is 0.335 e. The number of aromatic carboxylic acids is 2. The lowest BCUT2D eigenvalue weighted by atomic mass is 10.0. The number of para-hydroxylation sites is 2. The molecule has 0 aliphatic carbocycles.